The molecule has 0 saturated heterocycles. The van der Waals surface area contributed by atoms with E-state index in [9.17, 15) is 4.79 Å². The Kier molecular flexibility index (Phi) is 3.56. The van der Waals surface area contributed by atoms with E-state index in [1.807, 2.05) is 18.0 Å². The summed E-state index contributed by atoms with van der Waals surface area (Å²) in [7, 11) is 2.00. The van der Waals surface area contributed by atoms with Gasteiger partial charge in [0.2, 0.25) is 5.91 Å². The molecule has 1 fully saturated rings. The van der Waals surface area contributed by atoms with Crippen LogP contribution in [0.15, 0.2) is 24.3 Å². The van der Waals surface area contributed by atoms with Crippen LogP contribution in [-0.2, 0) is 4.79 Å². The van der Waals surface area contributed by atoms with E-state index in [4.69, 9.17) is 0 Å². The topological polar surface area (TPSA) is 32.3 Å². The van der Waals surface area contributed by atoms with Crippen LogP contribution in [0.3, 0.4) is 0 Å². The van der Waals surface area contributed by atoms with Crippen molar-refractivity contribution in [3.8, 4) is 0 Å². The van der Waals surface area contributed by atoms with Crippen LogP contribution in [0, 0.1) is 5.92 Å². The minimum absolute atomic E-state index is 0.312. The molecule has 3 heteroatoms. The molecule has 3 nitrogen and oxygen atoms in total. The van der Waals surface area contributed by atoms with Gasteiger partial charge in [0, 0.05) is 24.7 Å². The maximum Gasteiger partial charge on any atom is 0.227 e. The average molecular weight is 258 g/mol. The minimum atomic E-state index is 0.312. The molecule has 0 bridgehead atoms. The van der Waals surface area contributed by atoms with E-state index in [0.29, 0.717) is 17.9 Å². The molecule has 1 amide bonds. The smallest absolute Gasteiger partial charge is 0.227 e. The highest BCUT2D eigenvalue weighted by molar-refractivity contribution is 5.94. The van der Waals surface area contributed by atoms with Crippen LogP contribution in [0.25, 0.3) is 0 Å². The van der Waals surface area contributed by atoms with E-state index in [-0.39, 0.29) is 0 Å². The van der Waals surface area contributed by atoms with Crippen LogP contribution >= 0.6 is 0 Å². The predicted octanol–water partition coefficient (Wildman–Crippen LogP) is 2.87. The quantitative estimate of drug-likeness (QED) is 0.904. The van der Waals surface area contributed by atoms with Crippen molar-refractivity contribution in [1.82, 2.24) is 5.32 Å². The van der Waals surface area contributed by atoms with Crippen molar-refractivity contribution in [2.45, 2.75) is 38.1 Å². The number of hydrogen-bond donors (Lipinski definition) is 1. The van der Waals surface area contributed by atoms with E-state index >= 15 is 0 Å². The zero-order valence-electron chi connectivity index (χ0n) is 11.6. The molecule has 0 aromatic heterocycles. The monoisotopic (exact) mass is 258 g/mol. The van der Waals surface area contributed by atoms with Crippen molar-refractivity contribution in [3.05, 3.63) is 29.8 Å². The summed E-state index contributed by atoms with van der Waals surface area (Å²) in [6.07, 6.45) is 5.37. The Morgan fingerprint density at radius 1 is 1.32 bits per heavy atom. The fourth-order valence-electron chi connectivity index (χ4n) is 3.00. The van der Waals surface area contributed by atoms with Gasteiger partial charge in [-0.1, -0.05) is 18.2 Å². The summed E-state index contributed by atoms with van der Waals surface area (Å²) < 4.78 is 0. The van der Waals surface area contributed by atoms with Gasteiger partial charge in [0.15, 0.2) is 0 Å². The van der Waals surface area contributed by atoms with Crippen molar-refractivity contribution < 1.29 is 4.79 Å². The number of anilines is 1. The van der Waals surface area contributed by atoms with Crippen molar-refractivity contribution in [1.29, 1.82) is 0 Å². The summed E-state index contributed by atoms with van der Waals surface area (Å²) in [6.45, 7) is 0.862. The largest absolute Gasteiger partial charge is 0.313 e. The summed E-state index contributed by atoms with van der Waals surface area (Å²) in [6, 6.07) is 8.72. The zero-order valence-corrected chi connectivity index (χ0v) is 11.6. The third-order valence-electron chi connectivity index (χ3n) is 4.29. The Morgan fingerprint density at radius 3 is 2.84 bits per heavy atom. The molecule has 1 aliphatic heterocycles. The number of hydrogen-bond acceptors (Lipinski definition) is 2. The highest BCUT2D eigenvalue weighted by Gasteiger charge is 2.30. The second-order valence-electron chi connectivity index (χ2n) is 5.74. The van der Waals surface area contributed by atoms with Crippen LogP contribution in [0.5, 0.6) is 0 Å². The molecule has 0 spiro atoms. The summed E-state index contributed by atoms with van der Waals surface area (Å²) >= 11 is 0. The van der Waals surface area contributed by atoms with Crippen molar-refractivity contribution >= 4 is 11.6 Å². The van der Waals surface area contributed by atoms with Gasteiger partial charge in [-0.2, -0.15) is 0 Å². The molecule has 1 aliphatic carbocycles. The van der Waals surface area contributed by atoms with Gasteiger partial charge in [-0.25, -0.2) is 0 Å². The van der Waals surface area contributed by atoms with Gasteiger partial charge in [0.25, 0.3) is 0 Å². The molecule has 1 aromatic rings. The molecular weight excluding hydrogens is 236 g/mol. The van der Waals surface area contributed by atoms with Crippen LogP contribution in [-0.4, -0.2) is 19.5 Å². The molecule has 1 aromatic carbocycles. The third kappa shape index (κ3) is 2.66. The lowest BCUT2D eigenvalue weighted by atomic mass is 10.0. The van der Waals surface area contributed by atoms with E-state index in [1.54, 1.807) is 0 Å². The lowest BCUT2D eigenvalue weighted by Crippen LogP contribution is -2.32. The summed E-state index contributed by atoms with van der Waals surface area (Å²) in [4.78, 5) is 14.5. The molecule has 3 rings (SSSR count). The zero-order chi connectivity index (χ0) is 13.2. The highest BCUT2D eigenvalue weighted by Crippen LogP contribution is 2.36. The lowest BCUT2D eigenvalue weighted by molar-refractivity contribution is -0.118. The first kappa shape index (κ1) is 12.7. The highest BCUT2D eigenvalue weighted by atomic mass is 16.2. The second-order valence-corrected chi connectivity index (χ2v) is 5.74. The number of fused-ring (bicyclic) bond motifs is 1. The van der Waals surface area contributed by atoms with Crippen molar-refractivity contribution in [2.75, 3.05) is 18.5 Å². The van der Waals surface area contributed by atoms with E-state index in [1.165, 1.54) is 18.4 Å². The van der Waals surface area contributed by atoms with Gasteiger partial charge in [0.1, 0.15) is 0 Å². The van der Waals surface area contributed by atoms with Gasteiger partial charge in [-0.3, -0.25) is 4.79 Å². The van der Waals surface area contributed by atoms with Crippen molar-refractivity contribution in [2.24, 2.45) is 5.92 Å². The Morgan fingerprint density at radius 2 is 2.11 bits per heavy atom. The minimum Gasteiger partial charge on any atom is -0.313 e. The van der Waals surface area contributed by atoms with Crippen LogP contribution < -0.4 is 10.2 Å². The summed E-state index contributed by atoms with van der Waals surface area (Å²) in [5.41, 5.74) is 2.39. The molecule has 0 radical (unpaired) electrons. The van der Waals surface area contributed by atoms with Gasteiger partial charge < -0.3 is 10.2 Å². The third-order valence-corrected chi connectivity index (χ3v) is 4.29. The first-order valence-corrected chi connectivity index (χ1v) is 7.36. The van der Waals surface area contributed by atoms with Crippen LogP contribution in [0.1, 0.15) is 43.7 Å². The van der Waals surface area contributed by atoms with E-state index < -0.39 is 0 Å². The Labute approximate surface area is 115 Å². The average Bonchev–Trinajstić information content (AvgIpc) is 3.24. The number of carbonyl (C=O) groups excluding carboxylic acids is 1. The van der Waals surface area contributed by atoms with Crippen LogP contribution in [0.2, 0.25) is 0 Å². The SMILES string of the molecule is CNC1CCCN(C(=O)CC2CC2)c2ccccc21. The lowest BCUT2D eigenvalue weighted by Gasteiger charge is -2.24. The van der Waals surface area contributed by atoms with Gasteiger partial charge in [-0.05, 0) is 50.3 Å². The summed E-state index contributed by atoms with van der Waals surface area (Å²) in [5.74, 6) is 0.967. The van der Waals surface area contributed by atoms with Gasteiger partial charge >= 0.3 is 0 Å². The maximum absolute atomic E-state index is 12.5. The molecule has 2 aliphatic rings. The number of nitrogens with one attached hydrogen (secondary N) is 1. The Balaban J connectivity index is 1.89. The number of carbonyl (C=O) groups is 1. The summed E-state index contributed by atoms with van der Waals surface area (Å²) in [5, 5.41) is 3.37. The first-order chi connectivity index (χ1) is 9.29. The number of amides is 1. The fraction of sp³-hybridized carbons (Fsp3) is 0.562. The van der Waals surface area contributed by atoms with E-state index in [2.05, 4.69) is 23.5 Å². The molecule has 1 saturated carbocycles. The second kappa shape index (κ2) is 5.33. The molecule has 19 heavy (non-hydrogen) atoms. The normalized spacial score (nSPS) is 22.8. The first-order valence-electron chi connectivity index (χ1n) is 7.36. The molecule has 1 N–H and O–H groups in total. The maximum atomic E-state index is 12.5. The molecule has 102 valence electrons. The standard InChI is InChI=1S/C16H22N2O/c1-17-14-6-4-10-18(16(19)11-12-8-9-12)15-7-3-2-5-13(14)15/h2-3,5,7,12,14,17H,4,6,8-11H2,1H3. The fourth-order valence-corrected chi connectivity index (χ4v) is 3.00. The molecule has 1 heterocycles. The van der Waals surface area contributed by atoms with Crippen molar-refractivity contribution in [3.63, 3.8) is 0 Å². The molecule has 1 unspecified atom stereocenters. The van der Waals surface area contributed by atoms with E-state index in [0.717, 1.165) is 31.5 Å². The predicted molar refractivity (Wildman–Crippen MR) is 77.2 cm³/mol. The number of nitrogens with zero attached hydrogens (tertiary/aromatic N) is 1. The number of para-hydroxylation sites is 1. The number of rotatable bonds is 3. The number of benzene rings is 1. The molecular formula is C16H22N2O. The van der Waals surface area contributed by atoms with Gasteiger partial charge in [-0.15, -0.1) is 0 Å². The van der Waals surface area contributed by atoms with Gasteiger partial charge in [0.05, 0.1) is 0 Å². The van der Waals surface area contributed by atoms with Crippen LogP contribution in [0.4, 0.5) is 5.69 Å². The Hall–Kier alpha value is -1.35. The molecule has 1 atom stereocenters. The Bertz CT molecular complexity index is 468.